The van der Waals surface area contributed by atoms with Crippen LogP contribution in [-0.2, 0) is 30.0 Å². The zero-order valence-electron chi connectivity index (χ0n) is 34.5. The summed E-state index contributed by atoms with van der Waals surface area (Å²) in [6.07, 6.45) is 6.10. The summed E-state index contributed by atoms with van der Waals surface area (Å²) < 4.78 is 46.0. The molecule has 316 valence electrons. The number of ether oxygens (including phenoxy) is 2. The van der Waals surface area contributed by atoms with Crippen LogP contribution in [0.15, 0.2) is 121 Å². The summed E-state index contributed by atoms with van der Waals surface area (Å²) in [5, 5.41) is 17.1. The largest absolute Gasteiger partial charge is 0.493 e. The molecule has 8 rings (SSSR count). The van der Waals surface area contributed by atoms with Crippen LogP contribution in [0.3, 0.4) is 0 Å². The van der Waals surface area contributed by atoms with Gasteiger partial charge < -0.3 is 24.4 Å². The van der Waals surface area contributed by atoms with Crippen LogP contribution in [0.2, 0.25) is 0 Å². The van der Waals surface area contributed by atoms with Gasteiger partial charge in [-0.1, -0.05) is 63.6 Å². The van der Waals surface area contributed by atoms with Crippen molar-refractivity contribution in [3.8, 4) is 11.4 Å². The van der Waals surface area contributed by atoms with E-state index in [1.54, 1.807) is 26.6 Å². The maximum Gasteiger partial charge on any atom is 0.350 e. The molecule has 0 amide bonds. The first-order valence-electron chi connectivity index (χ1n) is 20.7. The number of piperazine rings is 1. The van der Waals surface area contributed by atoms with Crippen molar-refractivity contribution in [3.05, 3.63) is 149 Å². The van der Waals surface area contributed by atoms with Crippen molar-refractivity contribution in [2.24, 2.45) is 17.8 Å². The molecule has 6 aromatic rings. The fourth-order valence-corrected chi connectivity index (χ4v) is 8.06. The van der Waals surface area contributed by atoms with Crippen molar-refractivity contribution in [2.45, 2.75) is 58.9 Å². The molecule has 1 unspecified atom stereocenters. The van der Waals surface area contributed by atoms with Gasteiger partial charge >= 0.3 is 5.69 Å². The Kier molecular flexibility index (Phi) is 13.7. The number of anilines is 2. The van der Waals surface area contributed by atoms with Gasteiger partial charge in [-0.05, 0) is 78.4 Å². The molecule has 4 heterocycles. The highest BCUT2D eigenvalue weighted by Crippen LogP contribution is 2.42. The second kappa shape index (κ2) is 19.5. The molecule has 0 aliphatic carbocycles. The van der Waals surface area contributed by atoms with E-state index in [4.69, 9.17) is 14.6 Å². The second-order valence-corrected chi connectivity index (χ2v) is 15.9. The molecule has 12 nitrogen and oxygen atoms in total. The minimum Gasteiger partial charge on any atom is -0.493 e. The van der Waals surface area contributed by atoms with Gasteiger partial charge in [0.05, 0.1) is 32.1 Å². The first kappa shape index (κ1) is 42.3. The number of benzene rings is 4. The Balaban J connectivity index is 0.000000611. The van der Waals surface area contributed by atoms with Crippen LogP contribution in [0, 0.1) is 29.4 Å². The highest BCUT2D eigenvalue weighted by Gasteiger charge is 2.44. The molecule has 2 fully saturated rings. The van der Waals surface area contributed by atoms with Crippen molar-refractivity contribution >= 4 is 11.4 Å². The van der Waals surface area contributed by atoms with Crippen molar-refractivity contribution in [3.63, 3.8) is 0 Å². The lowest BCUT2D eigenvalue weighted by Gasteiger charge is -2.37. The summed E-state index contributed by atoms with van der Waals surface area (Å²) in [4.78, 5) is 21.8. The van der Waals surface area contributed by atoms with Crippen LogP contribution in [0.1, 0.15) is 44.7 Å². The Labute approximate surface area is 349 Å². The van der Waals surface area contributed by atoms with Crippen LogP contribution >= 0.6 is 0 Å². The zero-order chi connectivity index (χ0) is 42.1. The number of halogens is 2. The number of rotatable bonds is 14. The van der Waals surface area contributed by atoms with E-state index < -0.39 is 17.2 Å². The van der Waals surface area contributed by atoms with E-state index >= 15 is 0 Å². The third-order valence-electron chi connectivity index (χ3n) is 11.6. The normalized spacial score (nSPS) is 18.4. The minimum absolute atomic E-state index is 0.00303. The predicted octanol–water partition coefficient (Wildman–Crippen LogP) is 7.10. The standard InChI is InChI=1S/C39H46F2N8O3.C7H8O/c1-4-30(28(2)3)21-49-38(50)48(27-44-49)34-8-6-32(7-9-34)45-15-17-46(18-16-45)33-10-12-35(13-11-33)51-22-29-20-39(52-23-29,24-47-26-42-25-43-47)36-14-5-31(40)19-37(36)41;8-6-7-4-2-1-3-5-7/h5-14,19,25-30H,4,15-18,20-24H2,1-3H3;1-5,8H,6H2/t29-,30?,39+;/m1./s1. The van der Waals surface area contributed by atoms with Crippen molar-refractivity contribution in [1.29, 1.82) is 0 Å². The molecule has 14 heteroatoms. The summed E-state index contributed by atoms with van der Waals surface area (Å²) in [5.41, 5.74) is 3.22. The summed E-state index contributed by atoms with van der Waals surface area (Å²) in [5.74, 6) is 0.374. The van der Waals surface area contributed by atoms with E-state index in [9.17, 15) is 13.6 Å². The monoisotopic (exact) mass is 820 g/mol. The molecule has 2 aromatic heterocycles. The van der Waals surface area contributed by atoms with Crippen LogP contribution in [0.4, 0.5) is 20.2 Å². The van der Waals surface area contributed by atoms with Gasteiger partial charge in [0.1, 0.15) is 42.0 Å². The molecule has 0 spiro atoms. The summed E-state index contributed by atoms with van der Waals surface area (Å²) in [7, 11) is 0. The van der Waals surface area contributed by atoms with Crippen LogP contribution in [0.5, 0.6) is 5.75 Å². The molecule has 0 radical (unpaired) electrons. The second-order valence-electron chi connectivity index (χ2n) is 15.9. The molecule has 1 N–H and O–H groups in total. The molecular weight excluding hydrogens is 767 g/mol. The molecule has 60 heavy (non-hydrogen) atoms. The molecule has 2 aliphatic heterocycles. The smallest absolute Gasteiger partial charge is 0.350 e. The number of nitrogens with zero attached hydrogens (tertiary/aromatic N) is 8. The van der Waals surface area contributed by atoms with Crippen molar-refractivity contribution in [2.75, 3.05) is 49.2 Å². The van der Waals surface area contributed by atoms with Gasteiger partial charge in [0, 0.05) is 61.6 Å². The maximum atomic E-state index is 15.0. The average Bonchev–Trinajstić information content (AvgIpc) is 4.04. The Morgan fingerprint density at radius 2 is 1.53 bits per heavy atom. The van der Waals surface area contributed by atoms with Crippen LogP contribution < -0.4 is 20.2 Å². The molecule has 4 aromatic carbocycles. The van der Waals surface area contributed by atoms with E-state index in [0.717, 1.165) is 67.0 Å². The van der Waals surface area contributed by atoms with Gasteiger partial charge in [0.2, 0.25) is 0 Å². The predicted molar refractivity (Wildman–Crippen MR) is 227 cm³/mol. The quantitative estimate of drug-likeness (QED) is 0.123. The van der Waals surface area contributed by atoms with Gasteiger partial charge in [0.25, 0.3) is 0 Å². The highest BCUT2D eigenvalue weighted by molar-refractivity contribution is 5.54. The lowest BCUT2D eigenvalue weighted by Crippen LogP contribution is -2.46. The minimum atomic E-state index is -1.01. The zero-order valence-corrected chi connectivity index (χ0v) is 34.5. The van der Waals surface area contributed by atoms with E-state index in [-0.39, 0.29) is 24.8 Å². The Morgan fingerprint density at radius 3 is 2.12 bits per heavy atom. The van der Waals surface area contributed by atoms with Crippen molar-refractivity contribution in [1.82, 2.24) is 29.1 Å². The summed E-state index contributed by atoms with van der Waals surface area (Å²) in [6, 6.07) is 29.4. The Bertz CT molecular complexity index is 2290. The van der Waals surface area contributed by atoms with Gasteiger partial charge in [-0.15, -0.1) is 0 Å². The van der Waals surface area contributed by atoms with E-state index in [1.807, 2.05) is 54.6 Å². The van der Waals surface area contributed by atoms with Gasteiger partial charge in [-0.2, -0.15) is 10.2 Å². The highest BCUT2D eigenvalue weighted by atomic mass is 19.1. The molecule has 2 aliphatic rings. The SMILES string of the molecule is CCC(Cn1ncn(-c2ccc(N3CCN(c4ccc(OC[C@@H]5CO[C@@](Cn6cncn6)(c6ccc(F)cc6F)C5)cc4)CC3)cc2)c1=O)C(C)C.OCc1ccccc1. The van der Waals surface area contributed by atoms with Gasteiger partial charge in [-0.3, -0.25) is 0 Å². The van der Waals surface area contributed by atoms with Crippen LogP contribution in [0.25, 0.3) is 5.69 Å². The number of aliphatic hydroxyl groups excluding tert-OH is 1. The third-order valence-corrected chi connectivity index (χ3v) is 11.6. The molecule has 3 atom stereocenters. The number of aromatic nitrogens is 6. The molecule has 0 bridgehead atoms. The summed E-state index contributed by atoms with van der Waals surface area (Å²) in [6.45, 7) is 11.8. The fraction of sp³-hybridized carbons (Fsp3) is 0.391. The first-order valence-corrected chi connectivity index (χ1v) is 20.7. The van der Waals surface area contributed by atoms with E-state index in [2.05, 4.69) is 70.0 Å². The van der Waals surface area contributed by atoms with Gasteiger partial charge in [-0.25, -0.2) is 32.5 Å². The third kappa shape index (κ3) is 10.1. The average molecular weight is 821 g/mol. The lowest BCUT2D eigenvalue weighted by molar-refractivity contribution is -0.0206. The van der Waals surface area contributed by atoms with Crippen LogP contribution in [-0.4, -0.2) is 73.6 Å². The number of hydrogen-bond acceptors (Lipinski definition) is 9. The van der Waals surface area contributed by atoms with Crippen molar-refractivity contribution < 1.29 is 23.4 Å². The lowest BCUT2D eigenvalue weighted by atomic mass is 9.87. The first-order chi connectivity index (χ1) is 29.1. The maximum absolute atomic E-state index is 15.0. The topological polar surface area (TPSA) is 116 Å². The van der Waals surface area contributed by atoms with Gasteiger partial charge in [0.15, 0.2) is 0 Å². The van der Waals surface area contributed by atoms with E-state index in [1.165, 1.54) is 18.5 Å². The Hall–Kier alpha value is -5.86. The molecular formula is C46H54F2N8O4. The molecule has 2 saturated heterocycles. The van der Waals surface area contributed by atoms with E-state index in [0.29, 0.717) is 43.6 Å². The number of aliphatic hydroxyl groups is 1. The fourth-order valence-electron chi connectivity index (χ4n) is 8.06. The number of hydrogen-bond donors (Lipinski definition) is 1. The Morgan fingerprint density at radius 1 is 0.867 bits per heavy atom. The molecule has 0 saturated carbocycles. The summed E-state index contributed by atoms with van der Waals surface area (Å²) >= 11 is 0.